The Hall–Kier alpha value is -1.41. The molecule has 0 aliphatic heterocycles. The predicted octanol–water partition coefficient (Wildman–Crippen LogP) is 2.04. The molecule has 0 saturated carbocycles. The number of fused-ring (bicyclic) bond motifs is 1. The van der Waals surface area contributed by atoms with E-state index in [-0.39, 0.29) is 0 Å². The highest BCUT2D eigenvalue weighted by Crippen LogP contribution is 2.21. The van der Waals surface area contributed by atoms with Gasteiger partial charge in [-0.3, -0.25) is 4.98 Å². The molecule has 1 aromatic heterocycles. The quantitative estimate of drug-likeness (QED) is 0.779. The second-order valence-electron chi connectivity index (χ2n) is 3.50. The molecule has 0 atom stereocenters. The standard InChI is InChI=1S/C12H14N2/c1-9-2-3-10(4-6-13)12-8-14-7-5-11(9)12/h2-3,5,7-8H,4,6,13H2,1H3. The first-order valence-corrected chi connectivity index (χ1v) is 4.85. The molecule has 14 heavy (non-hydrogen) atoms. The minimum absolute atomic E-state index is 0.688. The van der Waals surface area contributed by atoms with Crippen molar-refractivity contribution in [2.24, 2.45) is 5.73 Å². The van der Waals surface area contributed by atoms with Gasteiger partial charge in [-0.15, -0.1) is 0 Å². The Morgan fingerprint density at radius 1 is 1.21 bits per heavy atom. The monoisotopic (exact) mass is 186 g/mol. The van der Waals surface area contributed by atoms with Crippen molar-refractivity contribution in [3.63, 3.8) is 0 Å². The molecule has 1 heterocycles. The highest BCUT2D eigenvalue weighted by molar-refractivity contribution is 5.87. The normalized spacial score (nSPS) is 10.7. The molecule has 72 valence electrons. The van der Waals surface area contributed by atoms with Crippen molar-refractivity contribution in [1.82, 2.24) is 4.98 Å². The van der Waals surface area contributed by atoms with Crippen molar-refractivity contribution in [1.29, 1.82) is 0 Å². The summed E-state index contributed by atoms with van der Waals surface area (Å²) in [6, 6.07) is 6.35. The van der Waals surface area contributed by atoms with Gasteiger partial charge >= 0.3 is 0 Å². The summed E-state index contributed by atoms with van der Waals surface area (Å²) in [4.78, 5) is 4.16. The Balaban J connectivity index is 2.68. The first-order valence-electron chi connectivity index (χ1n) is 4.85. The summed E-state index contributed by atoms with van der Waals surface area (Å²) in [5, 5.41) is 2.52. The topological polar surface area (TPSA) is 38.9 Å². The lowest BCUT2D eigenvalue weighted by molar-refractivity contribution is 0.976. The molecule has 1 aromatic carbocycles. The third-order valence-corrected chi connectivity index (χ3v) is 2.54. The lowest BCUT2D eigenvalue weighted by atomic mass is 10.0. The number of nitrogens with zero attached hydrogens (tertiary/aromatic N) is 1. The average molecular weight is 186 g/mol. The van der Waals surface area contributed by atoms with Crippen LogP contribution in [0.5, 0.6) is 0 Å². The minimum atomic E-state index is 0.688. The second-order valence-corrected chi connectivity index (χ2v) is 3.50. The van der Waals surface area contributed by atoms with E-state index in [1.165, 1.54) is 21.9 Å². The van der Waals surface area contributed by atoms with Crippen LogP contribution < -0.4 is 5.73 Å². The highest BCUT2D eigenvalue weighted by Gasteiger charge is 2.01. The molecule has 0 spiro atoms. The maximum atomic E-state index is 5.57. The molecule has 2 nitrogen and oxygen atoms in total. The summed E-state index contributed by atoms with van der Waals surface area (Å²) < 4.78 is 0. The van der Waals surface area contributed by atoms with Crippen molar-refractivity contribution in [3.05, 3.63) is 41.7 Å². The van der Waals surface area contributed by atoms with Crippen molar-refractivity contribution in [3.8, 4) is 0 Å². The molecule has 0 aliphatic rings. The summed E-state index contributed by atoms with van der Waals surface area (Å²) in [5.41, 5.74) is 8.16. The van der Waals surface area contributed by atoms with Gasteiger partial charge in [-0.05, 0) is 42.5 Å². The number of hydrogen-bond acceptors (Lipinski definition) is 2. The number of pyridine rings is 1. The lowest BCUT2D eigenvalue weighted by Gasteiger charge is -2.06. The van der Waals surface area contributed by atoms with E-state index >= 15 is 0 Å². The molecule has 2 N–H and O–H groups in total. The zero-order valence-corrected chi connectivity index (χ0v) is 8.33. The van der Waals surface area contributed by atoms with Crippen molar-refractivity contribution < 1.29 is 0 Å². The van der Waals surface area contributed by atoms with Crippen LogP contribution in [0.4, 0.5) is 0 Å². The van der Waals surface area contributed by atoms with Crippen LogP contribution in [-0.2, 0) is 6.42 Å². The number of hydrogen-bond donors (Lipinski definition) is 1. The fourth-order valence-electron chi connectivity index (χ4n) is 1.77. The first kappa shape index (κ1) is 9.16. The maximum absolute atomic E-state index is 5.57. The molecular weight excluding hydrogens is 172 g/mol. The molecule has 0 bridgehead atoms. The number of aryl methyl sites for hydroxylation is 1. The molecule has 2 aromatic rings. The summed E-state index contributed by atoms with van der Waals surface area (Å²) in [6.45, 7) is 2.81. The molecule has 0 amide bonds. The van der Waals surface area contributed by atoms with Crippen LogP contribution in [0.1, 0.15) is 11.1 Å². The average Bonchev–Trinajstić information content (AvgIpc) is 2.23. The van der Waals surface area contributed by atoms with Gasteiger partial charge in [0.25, 0.3) is 0 Å². The Morgan fingerprint density at radius 2 is 2.07 bits per heavy atom. The summed E-state index contributed by atoms with van der Waals surface area (Å²) in [7, 11) is 0. The lowest BCUT2D eigenvalue weighted by Crippen LogP contribution is -2.03. The Labute approximate surface area is 83.8 Å². The first-order chi connectivity index (χ1) is 6.83. The SMILES string of the molecule is Cc1ccc(CCN)c2cnccc12. The van der Waals surface area contributed by atoms with E-state index in [9.17, 15) is 0 Å². The zero-order chi connectivity index (χ0) is 9.97. The van der Waals surface area contributed by atoms with E-state index in [0.717, 1.165) is 6.42 Å². The number of rotatable bonds is 2. The van der Waals surface area contributed by atoms with Crippen molar-refractivity contribution in [2.45, 2.75) is 13.3 Å². The summed E-state index contributed by atoms with van der Waals surface area (Å²) in [5.74, 6) is 0. The second kappa shape index (κ2) is 3.76. The van der Waals surface area contributed by atoms with Crippen LogP contribution in [0.2, 0.25) is 0 Å². The maximum Gasteiger partial charge on any atom is 0.0349 e. The van der Waals surface area contributed by atoms with E-state index in [0.29, 0.717) is 6.54 Å². The highest BCUT2D eigenvalue weighted by atomic mass is 14.6. The van der Waals surface area contributed by atoms with E-state index < -0.39 is 0 Å². The van der Waals surface area contributed by atoms with Crippen LogP contribution in [-0.4, -0.2) is 11.5 Å². The molecule has 2 heteroatoms. The van der Waals surface area contributed by atoms with Gasteiger partial charge in [-0.25, -0.2) is 0 Å². The van der Waals surface area contributed by atoms with Gasteiger partial charge in [-0.1, -0.05) is 12.1 Å². The molecule has 0 radical (unpaired) electrons. The van der Waals surface area contributed by atoms with Crippen molar-refractivity contribution in [2.75, 3.05) is 6.54 Å². The van der Waals surface area contributed by atoms with Crippen LogP contribution in [0.15, 0.2) is 30.6 Å². The van der Waals surface area contributed by atoms with Crippen LogP contribution in [0, 0.1) is 6.92 Å². The zero-order valence-electron chi connectivity index (χ0n) is 8.33. The van der Waals surface area contributed by atoms with Gasteiger partial charge in [0.2, 0.25) is 0 Å². The number of benzene rings is 1. The van der Waals surface area contributed by atoms with Gasteiger partial charge < -0.3 is 5.73 Å². The molecule has 0 fully saturated rings. The Bertz CT molecular complexity index is 449. The third kappa shape index (κ3) is 1.49. The predicted molar refractivity (Wildman–Crippen MR) is 59.2 cm³/mol. The summed E-state index contributed by atoms with van der Waals surface area (Å²) >= 11 is 0. The smallest absolute Gasteiger partial charge is 0.0349 e. The van der Waals surface area contributed by atoms with Crippen LogP contribution in [0.25, 0.3) is 10.8 Å². The van der Waals surface area contributed by atoms with Crippen molar-refractivity contribution >= 4 is 10.8 Å². The Kier molecular flexibility index (Phi) is 2.46. The van der Waals surface area contributed by atoms with Crippen LogP contribution in [0.3, 0.4) is 0 Å². The van der Waals surface area contributed by atoms with E-state index in [1.807, 2.05) is 12.4 Å². The van der Waals surface area contributed by atoms with E-state index in [4.69, 9.17) is 5.73 Å². The molecule has 0 aliphatic carbocycles. The molecule has 0 unspecified atom stereocenters. The van der Waals surface area contributed by atoms with Crippen LogP contribution >= 0.6 is 0 Å². The van der Waals surface area contributed by atoms with E-state index in [1.54, 1.807) is 0 Å². The summed E-state index contributed by atoms with van der Waals surface area (Å²) in [6.07, 6.45) is 4.68. The van der Waals surface area contributed by atoms with Gasteiger partial charge in [0.15, 0.2) is 0 Å². The van der Waals surface area contributed by atoms with Gasteiger partial charge in [0.05, 0.1) is 0 Å². The minimum Gasteiger partial charge on any atom is -0.330 e. The van der Waals surface area contributed by atoms with Gasteiger partial charge in [0.1, 0.15) is 0 Å². The van der Waals surface area contributed by atoms with Gasteiger partial charge in [-0.2, -0.15) is 0 Å². The van der Waals surface area contributed by atoms with E-state index in [2.05, 4.69) is 30.1 Å². The molecule has 0 saturated heterocycles. The fourth-order valence-corrected chi connectivity index (χ4v) is 1.77. The number of nitrogens with two attached hydrogens (primary N) is 1. The largest absolute Gasteiger partial charge is 0.330 e. The third-order valence-electron chi connectivity index (χ3n) is 2.54. The fraction of sp³-hybridized carbons (Fsp3) is 0.250. The molecular formula is C12H14N2. The number of aromatic nitrogens is 1. The van der Waals surface area contributed by atoms with Gasteiger partial charge in [0, 0.05) is 17.8 Å². The Morgan fingerprint density at radius 3 is 2.86 bits per heavy atom. The molecule has 2 rings (SSSR count).